The summed E-state index contributed by atoms with van der Waals surface area (Å²) in [5.41, 5.74) is 1.36. The average molecular weight is 495 g/mol. The van der Waals surface area contributed by atoms with Crippen molar-refractivity contribution in [2.75, 3.05) is 10.6 Å². The second kappa shape index (κ2) is 10.7. The molecule has 2 aromatic heterocycles. The first kappa shape index (κ1) is 21.7. The maximum absolute atomic E-state index is 12.5. The van der Waals surface area contributed by atoms with Crippen molar-refractivity contribution in [2.24, 2.45) is 0 Å². The molecule has 0 bridgehead atoms. The van der Waals surface area contributed by atoms with Crippen LogP contribution in [0.25, 0.3) is 0 Å². The largest absolute Gasteiger partial charge is 0.326 e. The van der Waals surface area contributed by atoms with E-state index in [0.717, 1.165) is 34.5 Å². The van der Waals surface area contributed by atoms with Crippen molar-refractivity contribution < 1.29 is 9.59 Å². The molecule has 3 rings (SSSR count). The number of rotatable bonds is 9. The number of allylic oxidation sites excluding steroid dienone is 2. The van der Waals surface area contributed by atoms with Gasteiger partial charge in [-0.15, -0.1) is 0 Å². The monoisotopic (exact) mass is 494 g/mol. The van der Waals surface area contributed by atoms with Gasteiger partial charge >= 0.3 is 6.03 Å². The maximum Gasteiger partial charge on any atom is 0.326 e. The number of unbranched alkanes of at least 4 members (excludes halogenated alkanes) is 2. The first-order chi connectivity index (χ1) is 14.1. The summed E-state index contributed by atoms with van der Waals surface area (Å²) >= 11 is 4.90. The van der Waals surface area contributed by atoms with E-state index in [4.69, 9.17) is 0 Å². The van der Waals surface area contributed by atoms with Gasteiger partial charge in [-0.2, -0.15) is 0 Å². The predicted molar refractivity (Wildman–Crippen MR) is 126 cm³/mol. The number of halogens is 1. The van der Waals surface area contributed by atoms with Crippen LogP contribution in [-0.4, -0.2) is 21.8 Å². The Morgan fingerprint density at radius 1 is 1.21 bits per heavy atom. The van der Waals surface area contributed by atoms with Crippen LogP contribution in [0.3, 0.4) is 0 Å². The summed E-state index contributed by atoms with van der Waals surface area (Å²) in [4.78, 5) is 33.6. The second-order valence-electron chi connectivity index (χ2n) is 6.45. The van der Waals surface area contributed by atoms with Gasteiger partial charge in [-0.1, -0.05) is 43.3 Å². The first-order valence-corrected chi connectivity index (χ1v) is 12.7. The van der Waals surface area contributed by atoms with Crippen LogP contribution in [-0.2, 0) is 5.75 Å². The van der Waals surface area contributed by atoms with Gasteiger partial charge in [0.05, 0.1) is 15.0 Å². The molecule has 9 heteroatoms. The summed E-state index contributed by atoms with van der Waals surface area (Å²) in [7, 11) is -0.326. The number of thiazole rings is 1. The molecule has 0 unspecified atom stereocenters. The number of amides is 2. The number of hydrogen-bond donors (Lipinski definition) is 3. The third-order valence-electron chi connectivity index (χ3n) is 4.22. The fourth-order valence-corrected chi connectivity index (χ4v) is 6.01. The molecule has 3 heterocycles. The van der Waals surface area contributed by atoms with E-state index >= 15 is 0 Å². The molecule has 154 valence electrons. The lowest BCUT2D eigenvalue weighted by Crippen LogP contribution is -2.21. The van der Waals surface area contributed by atoms with E-state index in [1.165, 1.54) is 11.3 Å². The Labute approximate surface area is 185 Å². The van der Waals surface area contributed by atoms with E-state index in [2.05, 4.69) is 54.3 Å². The van der Waals surface area contributed by atoms with Crippen molar-refractivity contribution in [3.05, 3.63) is 56.3 Å². The Balaban J connectivity index is 1.62. The number of carbonyl (C=O) groups is 2. The zero-order valence-corrected chi connectivity index (χ0v) is 19.3. The molecule has 0 saturated heterocycles. The highest BCUT2D eigenvalue weighted by molar-refractivity contribution is 9.11. The van der Waals surface area contributed by atoms with E-state index < -0.39 is 6.03 Å². The van der Waals surface area contributed by atoms with Gasteiger partial charge in [0, 0.05) is 18.4 Å². The molecule has 2 N–H and O–H groups in total. The standard InChI is InChI=1S/C20H23BrN4O2S2/c1-2-3-4-9-16(26)14-8-7-10-22-18(14)24-19(27)25-20-23-15(17(21)28-20)13-29-11-5-6-12-29/h5-8,10-12,29H,2-4,9,13H2,1H3,(H2,22,23,24,25,27). The lowest BCUT2D eigenvalue weighted by atomic mass is 10.1. The van der Waals surface area contributed by atoms with Crippen LogP contribution in [0.4, 0.5) is 15.7 Å². The quantitative estimate of drug-likeness (QED) is 0.218. The number of hydrogen-bond acceptors (Lipinski definition) is 5. The van der Waals surface area contributed by atoms with Gasteiger partial charge in [0.1, 0.15) is 5.82 Å². The molecule has 0 fully saturated rings. The molecule has 2 aromatic rings. The zero-order valence-electron chi connectivity index (χ0n) is 16.0. The Hall–Kier alpha value is -1.97. The predicted octanol–water partition coefficient (Wildman–Crippen LogP) is 6.25. The number of urea groups is 1. The molecule has 0 aliphatic carbocycles. The summed E-state index contributed by atoms with van der Waals surface area (Å²) < 4.78 is 0.911. The summed E-state index contributed by atoms with van der Waals surface area (Å²) in [6.45, 7) is 2.09. The minimum Gasteiger partial charge on any atom is -0.294 e. The van der Waals surface area contributed by atoms with Crippen LogP contribution < -0.4 is 10.6 Å². The number of Topliss-reactive ketones (excluding diaryl/α,β-unsaturated/α-hetero) is 1. The van der Waals surface area contributed by atoms with Crippen molar-refractivity contribution in [1.82, 2.24) is 9.97 Å². The van der Waals surface area contributed by atoms with E-state index in [9.17, 15) is 9.59 Å². The van der Waals surface area contributed by atoms with Gasteiger partial charge in [-0.05, 0) is 45.3 Å². The molecule has 6 nitrogen and oxygen atoms in total. The topological polar surface area (TPSA) is 84.0 Å². The third-order valence-corrected chi connectivity index (χ3v) is 7.74. The van der Waals surface area contributed by atoms with Gasteiger partial charge in [0.25, 0.3) is 0 Å². The van der Waals surface area contributed by atoms with Crippen molar-refractivity contribution in [3.63, 3.8) is 0 Å². The Bertz CT molecular complexity index is 930. The SMILES string of the molecule is CCCCCC(=O)c1cccnc1NC(=O)Nc1nc(C[SH]2C=CC=C2)c(Br)s1. The summed E-state index contributed by atoms with van der Waals surface area (Å²) in [6, 6.07) is 2.93. The number of pyridine rings is 1. The molecular weight excluding hydrogens is 472 g/mol. The van der Waals surface area contributed by atoms with Gasteiger partial charge < -0.3 is 0 Å². The molecule has 0 atom stereocenters. The number of carbonyl (C=O) groups excluding carboxylic acids is 2. The average Bonchev–Trinajstić information content (AvgIpc) is 3.32. The number of nitrogens with one attached hydrogen (secondary N) is 2. The molecule has 0 spiro atoms. The smallest absolute Gasteiger partial charge is 0.294 e. The van der Waals surface area contributed by atoms with Crippen LogP contribution in [0.15, 0.2) is 45.1 Å². The van der Waals surface area contributed by atoms with Crippen molar-refractivity contribution in [2.45, 2.75) is 38.4 Å². The molecule has 0 saturated carbocycles. The number of aromatic nitrogens is 2. The molecule has 0 radical (unpaired) electrons. The highest BCUT2D eigenvalue weighted by atomic mass is 79.9. The van der Waals surface area contributed by atoms with E-state index in [1.807, 2.05) is 12.2 Å². The summed E-state index contributed by atoms with van der Waals surface area (Å²) in [5.74, 6) is 1.09. The highest BCUT2D eigenvalue weighted by Gasteiger charge is 2.17. The second-order valence-corrected chi connectivity index (χ2v) is 10.7. The Kier molecular flexibility index (Phi) is 8.02. The van der Waals surface area contributed by atoms with Crippen molar-refractivity contribution in [1.29, 1.82) is 0 Å². The van der Waals surface area contributed by atoms with Gasteiger partial charge in [-0.3, -0.25) is 15.4 Å². The van der Waals surface area contributed by atoms with Crippen LogP contribution in [0.5, 0.6) is 0 Å². The summed E-state index contributed by atoms with van der Waals surface area (Å²) in [6.07, 6.45) is 8.99. The normalized spacial score (nSPS) is 13.7. The number of nitrogens with zero attached hydrogens (tertiary/aromatic N) is 2. The highest BCUT2D eigenvalue weighted by Crippen LogP contribution is 2.40. The lowest BCUT2D eigenvalue weighted by Gasteiger charge is -2.09. The van der Waals surface area contributed by atoms with Gasteiger partial charge in [0.15, 0.2) is 10.9 Å². The molecular formula is C20H23BrN4O2S2. The lowest BCUT2D eigenvalue weighted by molar-refractivity contribution is 0.0980. The van der Waals surface area contributed by atoms with Crippen LogP contribution in [0.1, 0.15) is 48.7 Å². The number of thiol groups is 1. The fraction of sp³-hybridized carbons (Fsp3) is 0.300. The number of ketones is 1. The van der Waals surface area contributed by atoms with Crippen LogP contribution in [0.2, 0.25) is 0 Å². The molecule has 1 aliphatic heterocycles. The molecule has 29 heavy (non-hydrogen) atoms. The minimum atomic E-state index is -0.467. The third kappa shape index (κ3) is 6.25. The van der Waals surface area contributed by atoms with Crippen LogP contribution in [0, 0.1) is 0 Å². The van der Waals surface area contributed by atoms with Gasteiger partial charge in [0.2, 0.25) is 0 Å². The molecule has 1 aliphatic rings. The fourth-order valence-electron chi connectivity index (χ4n) is 2.77. The maximum atomic E-state index is 12.5. The van der Waals surface area contributed by atoms with Crippen molar-refractivity contribution in [3.8, 4) is 0 Å². The van der Waals surface area contributed by atoms with Crippen molar-refractivity contribution >= 4 is 60.9 Å². The molecule has 0 aromatic carbocycles. The van der Waals surface area contributed by atoms with E-state index in [-0.39, 0.29) is 22.5 Å². The molecule has 2 amide bonds. The van der Waals surface area contributed by atoms with E-state index in [0.29, 0.717) is 17.1 Å². The summed E-state index contributed by atoms with van der Waals surface area (Å²) in [5, 5.41) is 10.3. The number of anilines is 2. The first-order valence-electron chi connectivity index (χ1n) is 9.39. The van der Waals surface area contributed by atoms with E-state index in [1.54, 1.807) is 18.3 Å². The minimum absolute atomic E-state index is 0.0129. The zero-order chi connectivity index (χ0) is 20.6. The van der Waals surface area contributed by atoms with Gasteiger partial charge in [-0.25, -0.2) is 25.7 Å². The van der Waals surface area contributed by atoms with Crippen LogP contribution >= 0.6 is 38.2 Å². The Morgan fingerprint density at radius 3 is 2.76 bits per heavy atom. The Morgan fingerprint density at radius 2 is 2.00 bits per heavy atom.